The van der Waals surface area contributed by atoms with Gasteiger partial charge in [0.25, 0.3) is 0 Å². The lowest BCUT2D eigenvalue weighted by atomic mass is 10.0. The predicted molar refractivity (Wildman–Crippen MR) is 81.0 cm³/mol. The Labute approximate surface area is 117 Å². The van der Waals surface area contributed by atoms with Gasteiger partial charge in [0.05, 0.1) is 11.3 Å². The van der Waals surface area contributed by atoms with Gasteiger partial charge in [-0.15, -0.1) is 0 Å². The lowest BCUT2D eigenvalue weighted by molar-refractivity contribution is 0.781. The van der Waals surface area contributed by atoms with Crippen LogP contribution in [0.25, 0.3) is 22.5 Å². The van der Waals surface area contributed by atoms with Crippen LogP contribution in [-0.2, 0) is 7.05 Å². The largest absolute Gasteiger partial charge is 0.383 e. The molecule has 2 heterocycles. The van der Waals surface area contributed by atoms with Gasteiger partial charge in [-0.05, 0) is 24.6 Å². The molecule has 0 amide bonds. The van der Waals surface area contributed by atoms with Gasteiger partial charge in [0, 0.05) is 13.2 Å². The summed E-state index contributed by atoms with van der Waals surface area (Å²) < 4.78 is 1.69. The molecule has 2 N–H and O–H groups in total. The fourth-order valence-electron chi connectivity index (χ4n) is 2.22. The van der Waals surface area contributed by atoms with Crippen molar-refractivity contribution >= 4 is 5.82 Å². The van der Waals surface area contributed by atoms with E-state index in [9.17, 15) is 0 Å². The first kappa shape index (κ1) is 12.4. The van der Waals surface area contributed by atoms with Crippen molar-refractivity contribution in [3.63, 3.8) is 0 Å². The molecule has 0 atom stereocenters. The van der Waals surface area contributed by atoms with E-state index in [1.807, 2.05) is 25.2 Å². The third-order valence-corrected chi connectivity index (χ3v) is 3.34. The van der Waals surface area contributed by atoms with E-state index in [0.717, 1.165) is 22.5 Å². The quantitative estimate of drug-likeness (QED) is 0.774. The van der Waals surface area contributed by atoms with Crippen molar-refractivity contribution in [3.8, 4) is 22.5 Å². The molecule has 0 bridgehead atoms. The van der Waals surface area contributed by atoms with Gasteiger partial charge >= 0.3 is 0 Å². The van der Waals surface area contributed by atoms with Crippen LogP contribution in [-0.4, -0.2) is 14.8 Å². The van der Waals surface area contributed by atoms with E-state index < -0.39 is 0 Å². The minimum atomic E-state index is 0.648. The van der Waals surface area contributed by atoms with E-state index in [4.69, 9.17) is 5.73 Å². The molecule has 20 heavy (non-hydrogen) atoms. The molecule has 0 aliphatic rings. The maximum atomic E-state index is 6.18. The van der Waals surface area contributed by atoms with Crippen LogP contribution in [0, 0.1) is 6.92 Å². The van der Waals surface area contributed by atoms with E-state index in [1.54, 1.807) is 10.9 Å². The molecule has 3 aromatic rings. The Balaban J connectivity index is 2.22. The second-order valence-corrected chi connectivity index (χ2v) is 4.81. The van der Waals surface area contributed by atoms with Crippen LogP contribution >= 0.6 is 0 Å². The van der Waals surface area contributed by atoms with Gasteiger partial charge in [-0.1, -0.05) is 35.9 Å². The summed E-state index contributed by atoms with van der Waals surface area (Å²) in [7, 11) is 1.85. The van der Waals surface area contributed by atoms with Crippen LogP contribution in [0.1, 0.15) is 5.56 Å². The average molecular weight is 264 g/mol. The smallest absolute Gasteiger partial charge is 0.129 e. The highest BCUT2D eigenvalue weighted by Crippen LogP contribution is 2.34. The zero-order valence-corrected chi connectivity index (χ0v) is 11.5. The van der Waals surface area contributed by atoms with Crippen molar-refractivity contribution in [1.29, 1.82) is 0 Å². The number of benzene rings is 1. The summed E-state index contributed by atoms with van der Waals surface area (Å²) in [5.41, 5.74) is 11.0. The highest BCUT2D eigenvalue weighted by molar-refractivity contribution is 5.87. The highest BCUT2D eigenvalue weighted by atomic mass is 15.3. The number of pyridine rings is 1. The zero-order valence-electron chi connectivity index (χ0n) is 11.5. The number of rotatable bonds is 2. The summed E-state index contributed by atoms with van der Waals surface area (Å²) in [6.07, 6.45) is 1.76. The fraction of sp³-hybridized carbons (Fsp3) is 0.125. The number of nitrogens with two attached hydrogens (primary N) is 1. The molecule has 4 heteroatoms. The Kier molecular flexibility index (Phi) is 2.99. The average Bonchev–Trinajstić information content (AvgIpc) is 2.77. The van der Waals surface area contributed by atoms with Crippen LogP contribution in [0.5, 0.6) is 0 Å². The van der Waals surface area contributed by atoms with Gasteiger partial charge in [0.1, 0.15) is 11.5 Å². The summed E-state index contributed by atoms with van der Waals surface area (Å²) in [5, 5.41) is 4.51. The monoisotopic (exact) mass is 264 g/mol. The topological polar surface area (TPSA) is 56.7 Å². The molecular formula is C16H16N4. The first-order valence-corrected chi connectivity index (χ1v) is 6.47. The van der Waals surface area contributed by atoms with Gasteiger partial charge in [0.15, 0.2) is 0 Å². The number of hydrogen-bond donors (Lipinski definition) is 1. The molecule has 100 valence electrons. The predicted octanol–water partition coefficient (Wildman–Crippen LogP) is 3.04. The van der Waals surface area contributed by atoms with Crippen molar-refractivity contribution in [3.05, 3.63) is 54.2 Å². The maximum absolute atomic E-state index is 6.18. The minimum absolute atomic E-state index is 0.648. The summed E-state index contributed by atoms with van der Waals surface area (Å²) in [6.45, 7) is 2.07. The van der Waals surface area contributed by atoms with Gasteiger partial charge in [-0.2, -0.15) is 5.10 Å². The number of nitrogen functional groups attached to an aromatic ring is 1. The third-order valence-electron chi connectivity index (χ3n) is 3.34. The first-order valence-electron chi connectivity index (χ1n) is 6.47. The Morgan fingerprint density at radius 3 is 2.45 bits per heavy atom. The number of nitrogens with zero attached hydrogens (tertiary/aromatic N) is 3. The molecule has 0 spiro atoms. The first-order chi connectivity index (χ1) is 9.66. The molecule has 3 rings (SSSR count). The molecule has 0 saturated carbocycles. The number of anilines is 1. The highest BCUT2D eigenvalue weighted by Gasteiger charge is 2.17. The summed E-state index contributed by atoms with van der Waals surface area (Å²) in [4.78, 5) is 4.38. The lowest BCUT2D eigenvalue weighted by Gasteiger charge is -2.04. The molecule has 1 aromatic carbocycles. The van der Waals surface area contributed by atoms with Crippen LogP contribution in [0.15, 0.2) is 48.7 Å². The summed E-state index contributed by atoms with van der Waals surface area (Å²) >= 11 is 0. The van der Waals surface area contributed by atoms with Crippen molar-refractivity contribution in [1.82, 2.24) is 14.8 Å². The Morgan fingerprint density at radius 1 is 1.05 bits per heavy atom. The van der Waals surface area contributed by atoms with Gasteiger partial charge in [-0.3, -0.25) is 9.67 Å². The van der Waals surface area contributed by atoms with E-state index in [0.29, 0.717) is 5.82 Å². The van der Waals surface area contributed by atoms with E-state index >= 15 is 0 Å². The van der Waals surface area contributed by atoms with E-state index in [1.165, 1.54) is 5.56 Å². The maximum Gasteiger partial charge on any atom is 0.129 e. The SMILES string of the molecule is Cc1ccc(-c2c(-c3ccccn3)nn(C)c2N)cc1. The summed E-state index contributed by atoms with van der Waals surface area (Å²) in [6, 6.07) is 14.1. The molecule has 0 radical (unpaired) electrons. The number of aryl methyl sites for hydroxylation is 2. The van der Waals surface area contributed by atoms with Crippen molar-refractivity contribution in [2.75, 3.05) is 5.73 Å². The molecule has 0 saturated heterocycles. The molecule has 2 aromatic heterocycles. The molecule has 4 nitrogen and oxygen atoms in total. The van der Waals surface area contributed by atoms with Crippen LogP contribution < -0.4 is 5.73 Å². The second-order valence-electron chi connectivity index (χ2n) is 4.81. The molecule has 0 aliphatic heterocycles. The standard InChI is InChI=1S/C16H16N4/c1-11-6-8-12(9-7-11)14-15(19-20(2)16(14)17)13-5-3-4-10-18-13/h3-10H,17H2,1-2H3. The van der Waals surface area contributed by atoms with E-state index in [2.05, 4.69) is 41.3 Å². The number of aromatic nitrogens is 3. The Morgan fingerprint density at radius 2 is 1.80 bits per heavy atom. The Hall–Kier alpha value is -2.62. The van der Waals surface area contributed by atoms with Gasteiger partial charge in [0.2, 0.25) is 0 Å². The third kappa shape index (κ3) is 2.05. The Bertz CT molecular complexity index is 727. The second kappa shape index (κ2) is 4.81. The van der Waals surface area contributed by atoms with Crippen molar-refractivity contribution < 1.29 is 0 Å². The summed E-state index contributed by atoms with van der Waals surface area (Å²) in [5.74, 6) is 0.648. The fourth-order valence-corrected chi connectivity index (χ4v) is 2.22. The molecule has 0 unspecified atom stereocenters. The molecule has 0 aliphatic carbocycles. The normalized spacial score (nSPS) is 10.7. The zero-order chi connectivity index (χ0) is 14.1. The molecular weight excluding hydrogens is 248 g/mol. The molecule has 0 fully saturated rings. The number of hydrogen-bond acceptors (Lipinski definition) is 3. The van der Waals surface area contributed by atoms with Crippen molar-refractivity contribution in [2.45, 2.75) is 6.92 Å². The van der Waals surface area contributed by atoms with Crippen LogP contribution in [0.2, 0.25) is 0 Å². The lowest BCUT2D eigenvalue weighted by Crippen LogP contribution is -1.97. The van der Waals surface area contributed by atoms with Crippen molar-refractivity contribution in [2.24, 2.45) is 7.05 Å². The van der Waals surface area contributed by atoms with Gasteiger partial charge in [-0.25, -0.2) is 0 Å². The van der Waals surface area contributed by atoms with Gasteiger partial charge < -0.3 is 5.73 Å². The van der Waals surface area contributed by atoms with Crippen LogP contribution in [0.3, 0.4) is 0 Å². The minimum Gasteiger partial charge on any atom is -0.383 e. The van der Waals surface area contributed by atoms with E-state index in [-0.39, 0.29) is 0 Å². The van der Waals surface area contributed by atoms with Crippen LogP contribution in [0.4, 0.5) is 5.82 Å².